The molecule has 0 spiro atoms. The van der Waals surface area contributed by atoms with E-state index in [0.29, 0.717) is 12.6 Å². The summed E-state index contributed by atoms with van der Waals surface area (Å²) in [4.78, 5) is 9.10. The molecule has 2 saturated heterocycles. The van der Waals surface area contributed by atoms with Gasteiger partial charge in [0.05, 0.1) is 18.4 Å². The number of aryl methyl sites for hydroxylation is 1. The van der Waals surface area contributed by atoms with Crippen LogP contribution in [0.1, 0.15) is 19.8 Å². The number of halogens is 2. The summed E-state index contributed by atoms with van der Waals surface area (Å²) < 4.78 is 34.5. The molecule has 9 heteroatoms. The van der Waals surface area contributed by atoms with Crippen LogP contribution in [0.15, 0.2) is 42.7 Å². The van der Waals surface area contributed by atoms with Crippen molar-refractivity contribution in [3.8, 4) is 5.69 Å². The second-order valence-electron chi connectivity index (χ2n) is 8.77. The van der Waals surface area contributed by atoms with Crippen LogP contribution < -0.4 is 10.2 Å². The van der Waals surface area contributed by atoms with Gasteiger partial charge in [0, 0.05) is 38.5 Å². The van der Waals surface area contributed by atoms with E-state index in [2.05, 4.69) is 44.3 Å². The molecule has 0 radical (unpaired) electrons. The molecule has 1 atom stereocenters. The number of benzene rings is 2. The molecule has 0 amide bonds. The molecule has 0 aliphatic carbocycles. The normalized spacial score (nSPS) is 19.2. The lowest BCUT2D eigenvalue weighted by Crippen LogP contribution is -2.47. The van der Waals surface area contributed by atoms with Crippen molar-refractivity contribution in [3.05, 3.63) is 59.9 Å². The number of anilines is 3. The monoisotopic (exact) mass is 456 g/mol. The van der Waals surface area contributed by atoms with Gasteiger partial charge in [0.2, 0.25) is 5.95 Å². The van der Waals surface area contributed by atoms with Crippen LogP contribution in [0.4, 0.5) is 26.1 Å². The summed E-state index contributed by atoms with van der Waals surface area (Å²) in [5.41, 5.74) is 3.37. The fourth-order valence-corrected chi connectivity index (χ4v) is 4.58. The molecule has 2 aromatic carbocycles. The molecule has 176 valence electrons. The van der Waals surface area contributed by atoms with Gasteiger partial charge in [-0.1, -0.05) is 0 Å². The van der Waals surface area contributed by atoms with E-state index in [1.165, 1.54) is 49.1 Å². The van der Waals surface area contributed by atoms with Crippen molar-refractivity contribution >= 4 is 17.3 Å². The van der Waals surface area contributed by atoms with Gasteiger partial charge in [-0.2, -0.15) is 4.98 Å². The summed E-state index contributed by atoms with van der Waals surface area (Å²) in [5, 5.41) is 7.54. The maximum absolute atomic E-state index is 13.5. The van der Waals surface area contributed by atoms with Gasteiger partial charge in [-0.25, -0.2) is 13.5 Å². The second kappa shape index (κ2) is 9.44. The Bertz CT molecular complexity index is 1100. The van der Waals surface area contributed by atoms with Gasteiger partial charge in [-0.05, 0) is 68.8 Å². The third-order valence-electron chi connectivity index (χ3n) is 6.09. The van der Waals surface area contributed by atoms with Gasteiger partial charge < -0.3 is 19.9 Å². The van der Waals surface area contributed by atoms with Crippen molar-refractivity contribution in [1.82, 2.24) is 19.7 Å². The van der Waals surface area contributed by atoms with Crippen molar-refractivity contribution in [1.29, 1.82) is 0 Å². The topological polar surface area (TPSA) is 58.5 Å². The highest BCUT2D eigenvalue weighted by Crippen LogP contribution is 2.26. The third kappa shape index (κ3) is 5.31. The molecular weight excluding hydrogens is 426 g/mol. The van der Waals surface area contributed by atoms with Crippen LogP contribution >= 0.6 is 0 Å². The first-order valence-electron chi connectivity index (χ1n) is 11.4. The molecule has 0 saturated carbocycles. The van der Waals surface area contributed by atoms with Crippen LogP contribution in [0.5, 0.6) is 0 Å². The van der Waals surface area contributed by atoms with Gasteiger partial charge in [0.1, 0.15) is 18.0 Å². The first-order valence-corrected chi connectivity index (χ1v) is 11.4. The van der Waals surface area contributed by atoms with E-state index in [4.69, 9.17) is 4.74 Å². The molecule has 3 aromatic rings. The molecule has 2 fully saturated rings. The lowest BCUT2D eigenvalue weighted by molar-refractivity contribution is 0.0202. The third-order valence-corrected chi connectivity index (χ3v) is 6.09. The molecule has 1 aromatic heterocycles. The Morgan fingerprint density at radius 3 is 2.61 bits per heavy atom. The first-order chi connectivity index (χ1) is 16.0. The standard InChI is InChI=1S/C24H28F2N6O.H2/c1-17-8-20(28-24-27-16-32(29-24)22-11-18(25)10-19(26)12-22)13-21(9-17)31-6-7-33-23(15-31)14-30-4-2-3-5-30;/h8-13,16,23H,2-7,14-15H2,1H3,(H,28,29);1H. The van der Waals surface area contributed by atoms with Crippen LogP contribution in [0.3, 0.4) is 0 Å². The number of ether oxygens (including phenoxy) is 1. The summed E-state index contributed by atoms with van der Waals surface area (Å²) in [7, 11) is 0. The predicted octanol–water partition coefficient (Wildman–Crippen LogP) is 4.14. The van der Waals surface area contributed by atoms with Gasteiger partial charge in [0.25, 0.3) is 0 Å². The summed E-state index contributed by atoms with van der Waals surface area (Å²) >= 11 is 0. The number of likely N-dealkylation sites (tertiary alicyclic amines) is 1. The van der Waals surface area contributed by atoms with E-state index >= 15 is 0 Å². The summed E-state index contributed by atoms with van der Waals surface area (Å²) in [6, 6.07) is 9.52. The Morgan fingerprint density at radius 2 is 1.82 bits per heavy atom. The molecule has 1 N–H and O–H groups in total. The number of nitrogens with one attached hydrogen (secondary N) is 1. The number of hydrogen-bond donors (Lipinski definition) is 1. The molecule has 5 rings (SSSR count). The molecule has 33 heavy (non-hydrogen) atoms. The highest BCUT2D eigenvalue weighted by molar-refractivity contribution is 5.64. The van der Waals surface area contributed by atoms with Crippen molar-refractivity contribution in [2.75, 3.05) is 49.5 Å². The molecule has 2 aliphatic heterocycles. The van der Waals surface area contributed by atoms with Crippen molar-refractivity contribution in [2.24, 2.45) is 0 Å². The largest absolute Gasteiger partial charge is 0.373 e. The Balaban J connectivity index is 0.00000274. The second-order valence-corrected chi connectivity index (χ2v) is 8.77. The van der Waals surface area contributed by atoms with Crippen LogP contribution in [0.25, 0.3) is 5.69 Å². The van der Waals surface area contributed by atoms with Crippen LogP contribution in [-0.4, -0.2) is 65.1 Å². The van der Waals surface area contributed by atoms with Crippen LogP contribution in [0.2, 0.25) is 0 Å². The summed E-state index contributed by atoms with van der Waals surface area (Å²) in [6.07, 6.45) is 4.19. The van der Waals surface area contributed by atoms with Gasteiger partial charge in [-0.15, -0.1) is 5.10 Å². The van der Waals surface area contributed by atoms with E-state index in [-0.39, 0.29) is 13.2 Å². The molecular formula is C24H30F2N6O. The molecule has 0 bridgehead atoms. The Labute approximate surface area is 193 Å². The quantitative estimate of drug-likeness (QED) is 0.602. The van der Waals surface area contributed by atoms with Gasteiger partial charge in [0.15, 0.2) is 0 Å². The van der Waals surface area contributed by atoms with Crippen molar-refractivity contribution in [2.45, 2.75) is 25.9 Å². The molecule has 3 heterocycles. The maximum Gasteiger partial charge on any atom is 0.246 e. The van der Waals surface area contributed by atoms with E-state index in [9.17, 15) is 8.78 Å². The van der Waals surface area contributed by atoms with Crippen molar-refractivity contribution < 1.29 is 14.9 Å². The number of hydrogen-bond acceptors (Lipinski definition) is 6. The number of rotatable bonds is 6. The zero-order valence-corrected chi connectivity index (χ0v) is 18.7. The highest BCUT2D eigenvalue weighted by atomic mass is 19.1. The van der Waals surface area contributed by atoms with Crippen molar-refractivity contribution in [3.63, 3.8) is 0 Å². The smallest absolute Gasteiger partial charge is 0.246 e. The summed E-state index contributed by atoms with van der Waals surface area (Å²) in [6.45, 7) is 7.79. The van der Waals surface area contributed by atoms with Crippen LogP contribution in [0, 0.1) is 18.6 Å². The Kier molecular flexibility index (Phi) is 6.24. The van der Waals surface area contributed by atoms with E-state index in [0.717, 1.165) is 42.6 Å². The molecule has 7 nitrogen and oxygen atoms in total. The number of aromatic nitrogens is 3. The zero-order chi connectivity index (χ0) is 22.8. The molecule has 1 unspecified atom stereocenters. The number of nitrogens with zero attached hydrogens (tertiary/aromatic N) is 5. The minimum atomic E-state index is -0.660. The average Bonchev–Trinajstić information content (AvgIpc) is 3.45. The van der Waals surface area contributed by atoms with E-state index in [1.54, 1.807) is 0 Å². The fourth-order valence-electron chi connectivity index (χ4n) is 4.58. The Hall–Kier alpha value is -3.04. The minimum absolute atomic E-state index is 0. The predicted molar refractivity (Wildman–Crippen MR) is 125 cm³/mol. The number of morpholine rings is 1. The van der Waals surface area contributed by atoms with Crippen LogP contribution in [-0.2, 0) is 4.74 Å². The lowest BCUT2D eigenvalue weighted by atomic mass is 10.1. The maximum atomic E-state index is 13.5. The van der Waals surface area contributed by atoms with E-state index in [1.807, 2.05) is 6.07 Å². The summed E-state index contributed by atoms with van der Waals surface area (Å²) in [5.74, 6) is -0.969. The average molecular weight is 457 g/mol. The van der Waals surface area contributed by atoms with Gasteiger partial charge >= 0.3 is 0 Å². The SMILES string of the molecule is Cc1cc(Nc2ncn(-c3cc(F)cc(F)c3)n2)cc(N2CCOC(CN3CCCC3)C2)c1.[HH]. The fraction of sp³-hybridized carbons (Fsp3) is 0.417. The highest BCUT2D eigenvalue weighted by Gasteiger charge is 2.24. The van der Waals surface area contributed by atoms with E-state index < -0.39 is 11.6 Å². The zero-order valence-electron chi connectivity index (χ0n) is 18.7. The minimum Gasteiger partial charge on any atom is -0.373 e. The molecule has 2 aliphatic rings. The van der Waals surface area contributed by atoms with Gasteiger partial charge in [-0.3, -0.25) is 0 Å². The Morgan fingerprint density at radius 1 is 1.03 bits per heavy atom. The lowest BCUT2D eigenvalue weighted by Gasteiger charge is -2.36. The first kappa shape index (κ1) is 21.8.